The number of hydrogen-bond donors (Lipinski definition) is 1. The van der Waals surface area contributed by atoms with Crippen LogP contribution in [0.5, 0.6) is 0 Å². The number of para-hydroxylation sites is 1. The van der Waals surface area contributed by atoms with E-state index in [1.165, 1.54) is 0 Å². The second-order valence-electron chi connectivity index (χ2n) is 5.67. The lowest BCUT2D eigenvalue weighted by Crippen LogP contribution is -2.13. The molecule has 0 bridgehead atoms. The maximum absolute atomic E-state index is 11.8. The summed E-state index contributed by atoms with van der Waals surface area (Å²) < 4.78 is 5.40. The van der Waals surface area contributed by atoms with Crippen LogP contribution in [-0.4, -0.2) is 16.1 Å². The van der Waals surface area contributed by atoms with Crippen molar-refractivity contribution in [2.24, 2.45) is 0 Å². The van der Waals surface area contributed by atoms with E-state index in [2.05, 4.69) is 0 Å². The van der Waals surface area contributed by atoms with Gasteiger partial charge in [-0.15, -0.1) is 0 Å². The molecule has 3 aromatic rings. The molecule has 2 aromatic heterocycles. The van der Waals surface area contributed by atoms with Gasteiger partial charge in [-0.25, -0.2) is 9.78 Å². The molecule has 1 aromatic carbocycles. The van der Waals surface area contributed by atoms with Gasteiger partial charge in [-0.1, -0.05) is 18.2 Å². The average molecular weight is 305 g/mol. The van der Waals surface area contributed by atoms with Crippen LogP contribution in [0.1, 0.15) is 40.2 Å². The zero-order valence-electron chi connectivity index (χ0n) is 12.5. The molecule has 0 aliphatic heterocycles. The summed E-state index contributed by atoms with van der Waals surface area (Å²) >= 11 is 0. The van der Waals surface area contributed by atoms with E-state index in [9.17, 15) is 9.90 Å². The van der Waals surface area contributed by atoms with E-state index < -0.39 is 5.97 Å². The molecule has 0 saturated carbocycles. The maximum Gasteiger partial charge on any atom is 0.336 e. The zero-order valence-corrected chi connectivity index (χ0v) is 12.5. The Balaban J connectivity index is 2.01. The Kier molecular flexibility index (Phi) is 3.23. The number of aromatic nitrogens is 1. The largest absolute Gasteiger partial charge is 0.478 e. The Bertz CT molecular complexity index is 923. The van der Waals surface area contributed by atoms with Crippen LogP contribution in [0.3, 0.4) is 0 Å². The Labute approximate surface area is 133 Å². The minimum atomic E-state index is -0.890. The van der Waals surface area contributed by atoms with Gasteiger partial charge in [-0.05, 0) is 54.7 Å². The molecule has 4 nitrogen and oxygen atoms in total. The summed E-state index contributed by atoms with van der Waals surface area (Å²) in [6.07, 6.45) is 6.13. The summed E-state index contributed by atoms with van der Waals surface area (Å²) in [6, 6.07) is 11.2. The van der Waals surface area contributed by atoms with Crippen LogP contribution in [0.25, 0.3) is 22.6 Å². The minimum absolute atomic E-state index is 0.385. The first-order chi connectivity index (χ1) is 11.2. The van der Waals surface area contributed by atoms with Crippen molar-refractivity contribution in [2.75, 3.05) is 0 Å². The first-order valence-electron chi connectivity index (χ1n) is 7.63. The van der Waals surface area contributed by atoms with Crippen LogP contribution in [-0.2, 0) is 6.42 Å². The number of allylic oxidation sites excluding steroid dienone is 1. The highest BCUT2D eigenvalue weighted by Crippen LogP contribution is 2.36. The fourth-order valence-electron chi connectivity index (χ4n) is 3.26. The van der Waals surface area contributed by atoms with Crippen LogP contribution in [0.15, 0.2) is 47.1 Å². The summed E-state index contributed by atoms with van der Waals surface area (Å²) in [6.45, 7) is 0. The van der Waals surface area contributed by atoms with Crippen molar-refractivity contribution in [1.82, 2.24) is 4.98 Å². The molecule has 0 atom stereocenters. The van der Waals surface area contributed by atoms with Crippen molar-refractivity contribution in [1.29, 1.82) is 0 Å². The summed E-state index contributed by atoms with van der Waals surface area (Å²) in [5.74, 6) is -0.126. The molecule has 1 aliphatic rings. The van der Waals surface area contributed by atoms with Crippen LogP contribution >= 0.6 is 0 Å². The van der Waals surface area contributed by atoms with Crippen molar-refractivity contribution < 1.29 is 14.3 Å². The number of carbonyl (C=O) groups is 1. The summed E-state index contributed by atoms with van der Waals surface area (Å²) in [4.78, 5) is 16.6. The van der Waals surface area contributed by atoms with E-state index in [4.69, 9.17) is 9.40 Å². The quantitative estimate of drug-likeness (QED) is 0.762. The number of carboxylic acid groups (broad SMARTS) is 1. The van der Waals surface area contributed by atoms with E-state index in [0.717, 1.165) is 47.4 Å². The lowest BCUT2D eigenvalue weighted by molar-refractivity contribution is 0.0697. The van der Waals surface area contributed by atoms with Gasteiger partial charge in [0.2, 0.25) is 0 Å². The van der Waals surface area contributed by atoms with E-state index in [-0.39, 0.29) is 0 Å². The van der Waals surface area contributed by atoms with Gasteiger partial charge in [0.1, 0.15) is 5.76 Å². The molecule has 0 unspecified atom stereocenters. The number of pyridine rings is 1. The van der Waals surface area contributed by atoms with Crippen LogP contribution in [0, 0.1) is 0 Å². The number of hydrogen-bond acceptors (Lipinski definition) is 3. The molecular formula is C19H15NO3. The minimum Gasteiger partial charge on any atom is -0.478 e. The molecule has 23 heavy (non-hydrogen) atoms. The first kappa shape index (κ1) is 13.8. The summed E-state index contributed by atoms with van der Waals surface area (Å²) in [7, 11) is 0. The van der Waals surface area contributed by atoms with Gasteiger partial charge >= 0.3 is 5.97 Å². The van der Waals surface area contributed by atoms with Crippen LogP contribution < -0.4 is 0 Å². The smallest absolute Gasteiger partial charge is 0.336 e. The predicted molar refractivity (Wildman–Crippen MR) is 88.2 cm³/mol. The highest BCUT2D eigenvalue weighted by atomic mass is 16.4. The number of rotatable bonds is 2. The fourth-order valence-corrected chi connectivity index (χ4v) is 3.26. The second kappa shape index (κ2) is 5.39. The highest BCUT2D eigenvalue weighted by Gasteiger charge is 2.24. The van der Waals surface area contributed by atoms with Crippen molar-refractivity contribution >= 4 is 28.5 Å². The van der Waals surface area contributed by atoms with E-state index in [1.54, 1.807) is 6.26 Å². The van der Waals surface area contributed by atoms with E-state index in [1.807, 2.05) is 42.5 Å². The highest BCUT2D eigenvalue weighted by molar-refractivity contribution is 6.05. The predicted octanol–water partition coefficient (Wildman–Crippen LogP) is 4.40. The molecule has 0 radical (unpaired) electrons. The lowest BCUT2D eigenvalue weighted by Gasteiger charge is -2.21. The molecule has 4 rings (SSSR count). The van der Waals surface area contributed by atoms with Gasteiger partial charge in [0.15, 0.2) is 0 Å². The Morgan fingerprint density at radius 2 is 2.04 bits per heavy atom. The topological polar surface area (TPSA) is 63.3 Å². The average Bonchev–Trinajstić information content (AvgIpc) is 3.06. The van der Waals surface area contributed by atoms with Gasteiger partial charge in [0.05, 0.1) is 23.0 Å². The SMILES string of the molecule is O=C(O)c1c2c(nc3ccccc13)/C(=C/c1ccco1)CCC2. The molecule has 0 fully saturated rings. The van der Waals surface area contributed by atoms with Crippen molar-refractivity contribution in [3.8, 4) is 0 Å². The Morgan fingerprint density at radius 1 is 1.17 bits per heavy atom. The van der Waals surface area contributed by atoms with Gasteiger partial charge < -0.3 is 9.52 Å². The second-order valence-corrected chi connectivity index (χ2v) is 5.67. The standard InChI is InChI=1S/C19H15NO3/c21-19(22)17-14-7-1-2-9-16(14)20-18-12(5-3-8-15(17)18)11-13-6-4-10-23-13/h1-2,4,6-7,9-11H,3,5,8H2,(H,21,22)/b12-11+. The van der Waals surface area contributed by atoms with Gasteiger partial charge in [-0.3, -0.25) is 0 Å². The third kappa shape index (κ3) is 2.32. The monoisotopic (exact) mass is 305 g/mol. The fraction of sp³-hybridized carbons (Fsp3) is 0.158. The van der Waals surface area contributed by atoms with Crippen molar-refractivity contribution in [3.05, 3.63) is 65.2 Å². The Hall–Kier alpha value is -2.88. The summed E-state index contributed by atoms with van der Waals surface area (Å²) in [5, 5.41) is 10.4. The lowest BCUT2D eigenvalue weighted by atomic mass is 9.86. The van der Waals surface area contributed by atoms with Crippen LogP contribution in [0.2, 0.25) is 0 Å². The van der Waals surface area contributed by atoms with Crippen molar-refractivity contribution in [3.63, 3.8) is 0 Å². The molecule has 1 N–H and O–H groups in total. The van der Waals surface area contributed by atoms with E-state index >= 15 is 0 Å². The third-order valence-electron chi connectivity index (χ3n) is 4.24. The molecule has 4 heteroatoms. The molecule has 0 saturated heterocycles. The maximum atomic E-state index is 11.8. The van der Waals surface area contributed by atoms with Gasteiger partial charge in [0, 0.05) is 5.39 Å². The zero-order chi connectivity index (χ0) is 15.8. The normalized spacial score (nSPS) is 15.7. The summed E-state index contributed by atoms with van der Waals surface area (Å²) in [5.41, 5.74) is 3.77. The van der Waals surface area contributed by atoms with E-state index in [0.29, 0.717) is 10.9 Å². The number of aromatic carboxylic acids is 1. The molecule has 0 amide bonds. The van der Waals surface area contributed by atoms with Gasteiger partial charge in [-0.2, -0.15) is 0 Å². The first-order valence-corrected chi connectivity index (χ1v) is 7.63. The molecule has 114 valence electrons. The number of fused-ring (bicyclic) bond motifs is 2. The van der Waals surface area contributed by atoms with Crippen LogP contribution in [0.4, 0.5) is 0 Å². The third-order valence-corrected chi connectivity index (χ3v) is 4.24. The number of carboxylic acids is 1. The van der Waals surface area contributed by atoms with Crippen molar-refractivity contribution in [2.45, 2.75) is 19.3 Å². The Morgan fingerprint density at radius 3 is 2.83 bits per heavy atom. The molecule has 1 aliphatic carbocycles. The van der Waals surface area contributed by atoms with Gasteiger partial charge in [0.25, 0.3) is 0 Å². The number of furan rings is 1. The number of benzene rings is 1. The molecule has 0 spiro atoms. The number of nitrogens with zero attached hydrogens (tertiary/aromatic N) is 1. The molecular weight excluding hydrogens is 290 g/mol. The molecule has 2 heterocycles.